The minimum absolute atomic E-state index is 0.0172. The zero-order valence-corrected chi connectivity index (χ0v) is 10.5. The van der Waals surface area contributed by atoms with Gasteiger partial charge in [0.05, 0.1) is 13.2 Å². The van der Waals surface area contributed by atoms with E-state index in [0.29, 0.717) is 0 Å². The first-order valence-electron chi connectivity index (χ1n) is 5.63. The Balaban J connectivity index is 2.68. The topological polar surface area (TPSA) is 47.6 Å². The van der Waals surface area contributed by atoms with Crippen LogP contribution in [-0.4, -0.2) is 26.7 Å². The van der Waals surface area contributed by atoms with Gasteiger partial charge in [0.15, 0.2) is 0 Å². The monoisotopic (exact) mass is 237 g/mol. The van der Waals surface area contributed by atoms with Gasteiger partial charge in [-0.3, -0.25) is 4.79 Å². The molecule has 0 aliphatic heterocycles. The molecule has 1 aromatic carbocycles. The number of amides is 1. The molecule has 0 fully saturated rings. The van der Waals surface area contributed by atoms with Gasteiger partial charge in [-0.2, -0.15) is 0 Å². The van der Waals surface area contributed by atoms with Crippen molar-refractivity contribution in [2.24, 2.45) is 0 Å². The summed E-state index contributed by atoms with van der Waals surface area (Å²) in [6.07, 6.45) is 0.835. The van der Waals surface area contributed by atoms with Crippen LogP contribution in [0.5, 0.6) is 5.75 Å². The average Bonchev–Trinajstić information content (AvgIpc) is 2.36. The molecule has 17 heavy (non-hydrogen) atoms. The number of ether oxygens (including phenoxy) is 2. The number of benzene rings is 1. The molecule has 94 valence electrons. The van der Waals surface area contributed by atoms with E-state index in [4.69, 9.17) is 9.47 Å². The van der Waals surface area contributed by atoms with Crippen molar-refractivity contribution in [3.8, 4) is 5.75 Å². The van der Waals surface area contributed by atoms with Crippen molar-refractivity contribution in [2.45, 2.75) is 19.4 Å². The van der Waals surface area contributed by atoms with Gasteiger partial charge < -0.3 is 14.8 Å². The van der Waals surface area contributed by atoms with E-state index in [9.17, 15) is 4.79 Å². The maximum Gasteiger partial charge on any atom is 0.246 e. The van der Waals surface area contributed by atoms with Gasteiger partial charge in [0.1, 0.15) is 12.4 Å². The molecule has 1 amide bonds. The van der Waals surface area contributed by atoms with Gasteiger partial charge in [-0.15, -0.1) is 0 Å². The molecule has 4 heteroatoms. The standard InChI is InChI=1S/C13H19NO3/c1-4-12(14-13(15)9-16-2)10-5-7-11(17-3)8-6-10/h5-8,12H,4,9H2,1-3H3,(H,14,15)/t12-/m0/s1. The van der Waals surface area contributed by atoms with Crippen LogP contribution in [0.15, 0.2) is 24.3 Å². The van der Waals surface area contributed by atoms with E-state index in [1.54, 1.807) is 7.11 Å². The minimum Gasteiger partial charge on any atom is -0.497 e. The van der Waals surface area contributed by atoms with Gasteiger partial charge in [-0.1, -0.05) is 19.1 Å². The minimum atomic E-state index is -0.102. The molecule has 1 N–H and O–H groups in total. The first-order chi connectivity index (χ1) is 8.21. The van der Waals surface area contributed by atoms with Crippen molar-refractivity contribution < 1.29 is 14.3 Å². The summed E-state index contributed by atoms with van der Waals surface area (Å²) in [4.78, 5) is 11.4. The summed E-state index contributed by atoms with van der Waals surface area (Å²) in [5.74, 6) is 0.710. The van der Waals surface area contributed by atoms with E-state index < -0.39 is 0 Å². The van der Waals surface area contributed by atoms with Gasteiger partial charge in [-0.25, -0.2) is 0 Å². The summed E-state index contributed by atoms with van der Waals surface area (Å²) in [7, 11) is 3.14. The average molecular weight is 237 g/mol. The van der Waals surface area contributed by atoms with Crippen molar-refractivity contribution in [1.82, 2.24) is 5.32 Å². The Kier molecular flexibility index (Phi) is 5.49. The van der Waals surface area contributed by atoms with E-state index in [-0.39, 0.29) is 18.6 Å². The fourth-order valence-electron chi connectivity index (χ4n) is 1.62. The Morgan fingerprint density at radius 1 is 1.29 bits per heavy atom. The highest BCUT2D eigenvalue weighted by Crippen LogP contribution is 2.19. The van der Waals surface area contributed by atoms with E-state index in [2.05, 4.69) is 5.32 Å². The summed E-state index contributed by atoms with van der Waals surface area (Å²) in [6, 6.07) is 7.71. The first-order valence-corrected chi connectivity index (χ1v) is 5.63. The Hall–Kier alpha value is -1.55. The van der Waals surface area contributed by atoms with Crippen LogP contribution in [0.2, 0.25) is 0 Å². The van der Waals surface area contributed by atoms with Gasteiger partial charge >= 0.3 is 0 Å². The summed E-state index contributed by atoms with van der Waals surface area (Å²) in [6.45, 7) is 2.12. The van der Waals surface area contributed by atoms with E-state index in [1.807, 2.05) is 31.2 Å². The quantitative estimate of drug-likeness (QED) is 0.822. The molecule has 0 bridgehead atoms. The van der Waals surface area contributed by atoms with Gasteiger partial charge in [0, 0.05) is 7.11 Å². The lowest BCUT2D eigenvalue weighted by molar-refractivity contribution is -0.125. The molecule has 4 nitrogen and oxygen atoms in total. The van der Waals surface area contributed by atoms with Crippen LogP contribution in [0.4, 0.5) is 0 Å². The number of carbonyl (C=O) groups is 1. The van der Waals surface area contributed by atoms with Crippen LogP contribution >= 0.6 is 0 Å². The van der Waals surface area contributed by atoms with Crippen LogP contribution in [0.1, 0.15) is 24.9 Å². The molecule has 0 spiro atoms. The normalized spacial score (nSPS) is 11.9. The third-order valence-electron chi connectivity index (χ3n) is 2.54. The molecule has 0 aliphatic carbocycles. The van der Waals surface area contributed by atoms with E-state index in [1.165, 1.54) is 7.11 Å². The van der Waals surface area contributed by atoms with E-state index in [0.717, 1.165) is 17.7 Å². The number of hydrogen-bond donors (Lipinski definition) is 1. The molecule has 0 saturated carbocycles. The van der Waals surface area contributed by atoms with Crippen LogP contribution < -0.4 is 10.1 Å². The smallest absolute Gasteiger partial charge is 0.246 e. The second-order valence-electron chi connectivity index (χ2n) is 3.73. The number of rotatable bonds is 6. The molecule has 0 aromatic heterocycles. The lowest BCUT2D eigenvalue weighted by atomic mass is 10.0. The molecular formula is C13H19NO3. The SMILES string of the molecule is CC[C@H](NC(=O)COC)c1ccc(OC)cc1. The third-order valence-corrected chi connectivity index (χ3v) is 2.54. The Bertz CT molecular complexity index is 348. The molecule has 0 radical (unpaired) electrons. The van der Waals surface area contributed by atoms with Gasteiger partial charge in [-0.05, 0) is 24.1 Å². The summed E-state index contributed by atoms with van der Waals surface area (Å²) >= 11 is 0. The van der Waals surface area contributed by atoms with Gasteiger partial charge in [0.25, 0.3) is 0 Å². The molecule has 0 heterocycles. The largest absolute Gasteiger partial charge is 0.497 e. The molecule has 1 rings (SSSR count). The number of nitrogens with one attached hydrogen (secondary N) is 1. The summed E-state index contributed by atoms with van der Waals surface area (Å²) in [5.41, 5.74) is 1.07. The zero-order chi connectivity index (χ0) is 12.7. The fraction of sp³-hybridized carbons (Fsp3) is 0.462. The van der Waals surface area contributed by atoms with Crippen molar-refractivity contribution in [3.05, 3.63) is 29.8 Å². The zero-order valence-electron chi connectivity index (χ0n) is 10.5. The molecular weight excluding hydrogens is 218 g/mol. The van der Waals surface area contributed by atoms with Crippen LogP contribution in [0.25, 0.3) is 0 Å². The maximum absolute atomic E-state index is 11.4. The highest BCUT2D eigenvalue weighted by Gasteiger charge is 2.12. The Morgan fingerprint density at radius 3 is 2.41 bits per heavy atom. The summed E-state index contributed by atoms with van der Waals surface area (Å²) in [5, 5.41) is 2.92. The predicted octanol–water partition coefficient (Wildman–Crippen LogP) is 1.91. The van der Waals surface area contributed by atoms with Crippen molar-refractivity contribution in [3.63, 3.8) is 0 Å². The van der Waals surface area contributed by atoms with Crippen LogP contribution in [0, 0.1) is 0 Å². The lowest BCUT2D eigenvalue weighted by Gasteiger charge is -2.17. The maximum atomic E-state index is 11.4. The van der Waals surface area contributed by atoms with Crippen molar-refractivity contribution in [2.75, 3.05) is 20.8 Å². The fourth-order valence-corrected chi connectivity index (χ4v) is 1.62. The molecule has 1 aromatic rings. The molecule has 0 unspecified atom stereocenters. The Morgan fingerprint density at radius 2 is 1.94 bits per heavy atom. The highest BCUT2D eigenvalue weighted by molar-refractivity contribution is 5.77. The molecule has 0 saturated heterocycles. The predicted molar refractivity (Wildman–Crippen MR) is 66.0 cm³/mol. The first kappa shape index (κ1) is 13.5. The number of hydrogen-bond acceptors (Lipinski definition) is 3. The second kappa shape index (κ2) is 6.91. The van der Waals surface area contributed by atoms with Crippen LogP contribution in [-0.2, 0) is 9.53 Å². The Labute approximate surface area is 102 Å². The lowest BCUT2D eigenvalue weighted by Crippen LogP contribution is -2.31. The van der Waals surface area contributed by atoms with Crippen LogP contribution in [0.3, 0.4) is 0 Å². The second-order valence-corrected chi connectivity index (χ2v) is 3.73. The molecule has 1 atom stereocenters. The highest BCUT2D eigenvalue weighted by atomic mass is 16.5. The van der Waals surface area contributed by atoms with Crippen molar-refractivity contribution in [1.29, 1.82) is 0 Å². The number of methoxy groups -OCH3 is 2. The van der Waals surface area contributed by atoms with Gasteiger partial charge in [0.2, 0.25) is 5.91 Å². The molecule has 0 aliphatic rings. The van der Waals surface area contributed by atoms with E-state index >= 15 is 0 Å². The number of carbonyl (C=O) groups excluding carboxylic acids is 1. The third kappa shape index (κ3) is 4.07. The van der Waals surface area contributed by atoms with Crippen molar-refractivity contribution >= 4 is 5.91 Å². The summed E-state index contributed by atoms with van der Waals surface area (Å²) < 4.78 is 9.88.